The van der Waals surface area contributed by atoms with Crippen LogP contribution in [0.2, 0.25) is 0 Å². The van der Waals surface area contributed by atoms with Gasteiger partial charge in [0.1, 0.15) is 0 Å². The van der Waals surface area contributed by atoms with E-state index in [0.717, 1.165) is 5.39 Å². The maximum atomic E-state index is 11.2. The Bertz CT molecular complexity index is 686. The maximum absolute atomic E-state index is 11.2. The number of rotatable bonds is 4. The molecule has 0 spiro atoms. The molecule has 0 radical (unpaired) electrons. The Kier molecular flexibility index (Phi) is 3.33. The fourth-order valence-corrected chi connectivity index (χ4v) is 2.09. The number of benzene rings is 2. The van der Waals surface area contributed by atoms with Gasteiger partial charge < -0.3 is 10.2 Å². The highest BCUT2D eigenvalue weighted by atomic mass is 16.4. The average molecular weight is 256 g/mol. The number of hydrogen-bond donors (Lipinski definition) is 2. The van der Waals surface area contributed by atoms with Crippen LogP contribution >= 0.6 is 0 Å². The van der Waals surface area contributed by atoms with Crippen molar-refractivity contribution in [2.75, 3.05) is 0 Å². The third-order valence-electron chi connectivity index (χ3n) is 2.96. The molecular weight excluding hydrogens is 244 g/mol. The van der Waals surface area contributed by atoms with Crippen molar-refractivity contribution in [1.29, 1.82) is 0 Å². The number of carboxylic acid groups (broad SMARTS) is 2. The van der Waals surface area contributed by atoms with Crippen LogP contribution in [-0.2, 0) is 6.42 Å². The summed E-state index contributed by atoms with van der Waals surface area (Å²) in [5.74, 6) is -2.00. The first-order valence-electron chi connectivity index (χ1n) is 5.67. The molecule has 0 atom stereocenters. The van der Waals surface area contributed by atoms with E-state index in [9.17, 15) is 9.59 Å². The van der Waals surface area contributed by atoms with Gasteiger partial charge in [-0.3, -0.25) is 0 Å². The van der Waals surface area contributed by atoms with Crippen molar-refractivity contribution in [3.05, 3.63) is 59.7 Å². The zero-order valence-electron chi connectivity index (χ0n) is 10.1. The summed E-state index contributed by atoms with van der Waals surface area (Å²) in [6.45, 7) is 3.62. The molecule has 4 heteroatoms. The number of carboxylic acids is 2. The summed E-state index contributed by atoms with van der Waals surface area (Å²) in [6, 6.07) is 7.77. The minimum atomic E-state index is -1.01. The molecule has 2 N–H and O–H groups in total. The minimum absolute atomic E-state index is 0.181. The molecule has 96 valence electrons. The van der Waals surface area contributed by atoms with E-state index >= 15 is 0 Å². The Morgan fingerprint density at radius 1 is 1.11 bits per heavy atom. The van der Waals surface area contributed by atoms with Gasteiger partial charge in [-0.15, -0.1) is 6.58 Å². The largest absolute Gasteiger partial charge is 0.478 e. The number of fused-ring (bicyclic) bond motifs is 1. The second kappa shape index (κ2) is 4.94. The highest BCUT2D eigenvalue weighted by molar-refractivity contribution is 6.00. The van der Waals surface area contributed by atoms with Gasteiger partial charge in [0.2, 0.25) is 0 Å². The molecule has 2 rings (SSSR count). The minimum Gasteiger partial charge on any atom is -0.478 e. The molecule has 0 fully saturated rings. The van der Waals surface area contributed by atoms with Gasteiger partial charge in [0.15, 0.2) is 0 Å². The first-order chi connectivity index (χ1) is 9.04. The van der Waals surface area contributed by atoms with E-state index in [0.29, 0.717) is 17.4 Å². The lowest BCUT2D eigenvalue weighted by atomic mass is 9.95. The predicted octanol–water partition coefficient (Wildman–Crippen LogP) is 2.96. The maximum Gasteiger partial charge on any atom is 0.335 e. The van der Waals surface area contributed by atoms with Crippen LogP contribution in [-0.4, -0.2) is 22.2 Å². The Morgan fingerprint density at radius 2 is 1.84 bits per heavy atom. The van der Waals surface area contributed by atoms with Crippen LogP contribution in [0.25, 0.3) is 10.8 Å². The van der Waals surface area contributed by atoms with E-state index in [1.165, 1.54) is 18.2 Å². The van der Waals surface area contributed by atoms with Crippen LogP contribution in [0.3, 0.4) is 0 Å². The van der Waals surface area contributed by atoms with Crippen LogP contribution in [0.15, 0.2) is 43.0 Å². The van der Waals surface area contributed by atoms with E-state index in [1.807, 2.05) is 0 Å². The molecule has 0 aromatic heterocycles. The number of carbonyl (C=O) groups is 2. The van der Waals surface area contributed by atoms with Crippen LogP contribution in [0, 0.1) is 0 Å². The molecule has 0 saturated heterocycles. The van der Waals surface area contributed by atoms with Gasteiger partial charge in [-0.25, -0.2) is 9.59 Å². The lowest BCUT2D eigenvalue weighted by molar-refractivity contribution is 0.0685. The number of aromatic carboxylic acids is 2. The second-order valence-corrected chi connectivity index (χ2v) is 4.13. The van der Waals surface area contributed by atoms with Crippen molar-refractivity contribution in [2.24, 2.45) is 0 Å². The lowest BCUT2D eigenvalue weighted by Gasteiger charge is -2.09. The molecule has 2 aromatic rings. The summed E-state index contributed by atoms with van der Waals surface area (Å²) in [5, 5.41) is 19.6. The third kappa shape index (κ3) is 2.33. The Morgan fingerprint density at radius 3 is 2.42 bits per heavy atom. The summed E-state index contributed by atoms with van der Waals surface area (Å²) in [7, 11) is 0. The number of allylic oxidation sites excluding steroid dienone is 1. The molecule has 0 aliphatic rings. The summed E-state index contributed by atoms with van der Waals surface area (Å²) in [4.78, 5) is 22.1. The molecular formula is C15H12O4. The summed E-state index contributed by atoms with van der Waals surface area (Å²) in [6.07, 6.45) is 2.05. The Balaban J connectivity index is 2.75. The van der Waals surface area contributed by atoms with Gasteiger partial charge in [0, 0.05) is 0 Å². The van der Waals surface area contributed by atoms with E-state index in [1.54, 1.807) is 18.2 Å². The quantitative estimate of drug-likeness (QED) is 0.825. The predicted molar refractivity (Wildman–Crippen MR) is 71.8 cm³/mol. The van der Waals surface area contributed by atoms with Crippen LogP contribution < -0.4 is 0 Å². The number of hydrogen-bond acceptors (Lipinski definition) is 2. The molecule has 19 heavy (non-hydrogen) atoms. The van der Waals surface area contributed by atoms with Crippen molar-refractivity contribution < 1.29 is 19.8 Å². The first kappa shape index (κ1) is 12.8. The van der Waals surface area contributed by atoms with Gasteiger partial charge in [-0.05, 0) is 41.0 Å². The molecule has 0 aliphatic heterocycles. The standard InChI is InChI=1S/C15H12O4/c1-2-3-12-11-6-5-10(14(16)17)8-9(11)4-7-13(12)15(18)19/h2,4-8H,1,3H2,(H,16,17)(H,18,19). The van der Waals surface area contributed by atoms with Gasteiger partial charge in [0.25, 0.3) is 0 Å². The topological polar surface area (TPSA) is 74.6 Å². The van der Waals surface area contributed by atoms with Crippen molar-refractivity contribution in [3.63, 3.8) is 0 Å². The Hall–Kier alpha value is -2.62. The zero-order valence-corrected chi connectivity index (χ0v) is 10.1. The fraction of sp³-hybridized carbons (Fsp3) is 0.0667. The van der Waals surface area contributed by atoms with Crippen molar-refractivity contribution >= 4 is 22.7 Å². The van der Waals surface area contributed by atoms with Gasteiger partial charge >= 0.3 is 11.9 Å². The summed E-state index contributed by atoms with van der Waals surface area (Å²) in [5.41, 5.74) is 1.05. The normalized spacial score (nSPS) is 10.3. The monoisotopic (exact) mass is 256 g/mol. The molecule has 0 saturated carbocycles. The third-order valence-corrected chi connectivity index (χ3v) is 2.96. The molecule has 4 nitrogen and oxygen atoms in total. The molecule has 0 aliphatic carbocycles. The fourth-order valence-electron chi connectivity index (χ4n) is 2.09. The molecule has 0 bridgehead atoms. The molecule has 0 unspecified atom stereocenters. The average Bonchev–Trinajstić information content (AvgIpc) is 2.38. The molecule has 0 heterocycles. The van der Waals surface area contributed by atoms with Gasteiger partial charge in [-0.1, -0.05) is 18.2 Å². The van der Waals surface area contributed by atoms with Crippen molar-refractivity contribution in [2.45, 2.75) is 6.42 Å². The summed E-state index contributed by atoms with van der Waals surface area (Å²) < 4.78 is 0. The van der Waals surface area contributed by atoms with Gasteiger partial charge in [0.05, 0.1) is 11.1 Å². The molecule has 0 amide bonds. The highest BCUT2D eigenvalue weighted by Crippen LogP contribution is 2.25. The van der Waals surface area contributed by atoms with Gasteiger partial charge in [-0.2, -0.15) is 0 Å². The van der Waals surface area contributed by atoms with Crippen molar-refractivity contribution in [1.82, 2.24) is 0 Å². The smallest absolute Gasteiger partial charge is 0.335 e. The van der Waals surface area contributed by atoms with E-state index in [2.05, 4.69) is 6.58 Å². The van der Waals surface area contributed by atoms with E-state index in [-0.39, 0.29) is 11.1 Å². The Labute approximate surface area is 109 Å². The SMILES string of the molecule is C=CCc1c(C(=O)O)ccc2cc(C(=O)O)ccc12. The van der Waals surface area contributed by atoms with Crippen molar-refractivity contribution in [3.8, 4) is 0 Å². The first-order valence-corrected chi connectivity index (χ1v) is 5.67. The molecule has 2 aromatic carbocycles. The van der Waals surface area contributed by atoms with Crippen LogP contribution in [0.1, 0.15) is 26.3 Å². The second-order valence-electron chi connectivity index (χ2n) is 4.13. The van der Waals surface area contributed by atoms with Crippen LogP contribution in [0.4, 0.5) is 0 Å². The summed E-state index contributed by atoms with van der Waals surface area (Å²) >= 11 is 0. The zero-order chi connectivity index (χ0) is 14.0. The lowest BCUT2D eigenvalue weighted by Crippen LogP contribution is -2.03. The van der Waals surface area contributed by atoms with E-state index in [4.69, 9.17) is 10.2 Å². The van der Waals surface area contributed by atoms with E-state index < -0.39 is 11.9 Å². The van der Waals surface area contributed by atoms with Crippen LogP contribution in [0.5, 0.6) is 0 Å². The highest BCUT2D eigenvalue weighted by Gasteiger charge is 2.13.